The third kappa shape index (κ3) is 1.79. The number of carbonyl (C=O) groups excluding carboxylic acids is 2. The smallest absolute Gasteiger partial charge is 0.254 e. The van der Waals surface area contributed by atoms with E-state index in [1.54, 1.807) is 12.1 Å². The summed E-state index contributed by atoms with van der Waals surface area (Å²) in [5, 5.41) is 5.67. The topological polar surface area (TPSA) is 49.7 Å². The number of nitrogens with zero attached hydrogens (tertiary/aromatic N) is 2. The first-order valence-corrected chi connectivity index (χ1v) is 7.39. The van der Waals surface area contributed by atoms with E-state index in [4.69, 9.17) is 11.6 Å². The number of benzene rings is 1. The van der Waals surface area contributed by atoms with Crippen LogP contribution in [0.4, 0.5) is 0 Å². The average molecular weight is 301 g/mol. The van der Waals surface area contributed by atoms with Gasteiger partial charge in [0.15, 0.2) is 0 Å². The summed E-state index contributed by atoms with van der Waals surface area (Å²) < 4.78 is 0. The van der Waals surface area contributed by atoms with Crippen molar-refractivity contribution in [3.05, 3.63) is 47.0 Å². The number of rotatable bonds is 2. The number of hydrogen-bond acceptors (Lipinski definition) is 3. The summed E-state index contributed by atoms with van der Waals surface area (Å²) in [5.74, 6) is -0.365. The van der Waals surface area contributed by atoms with E-state index in [-0.39, 0.29) is 35.5 Å². The van der Waals surface area contributed by atoms with Gasteiger partial charge in [-0.2, -0.15) is 10.1 Å². The van der Waals surface area contributed by atoms with E-state index in [1.165, 1.54) is 6.21 Å². The molecule has 1 aromatic carbocycles. The summed E-state index contributed by atoms with van der Waals surface area (Å²) in [6, 6.07) is 7.19. The molecule has 0 spiro atoms. The summed E-state index contributed by atoms with van der Waals surface area (Å²) in [6.45, 7) is 0. The van der Waals surface area contributed by atoms with Crippen LogP contribution in [0.2, 0.25) is 5.02 Å². The summed E-state index contributed by atoms with van der Waals surface area (Å²) in [5.41, 5.74) is 0.693. The summed E-state index contributed by atoms with van der Waals surface area (Å²) in [4.78, 5) is 24.8. The van der Waals surface area contributed by atoms with Crippen molar-refractivity contribution in [2.45, 2.75) is 6.42 Å². The van der Waals surface area contributed by atoms with Gasteiger partial charge in [0.25, 0.3) is 11.8 Å². The minimum Gasteiger partial charge on any atom is -0.272 e. The number of fused-ring (bicyclic) bond motifs is 5. The maximum Gasteiger partial charge on any atom is 0.254 e. The molecule has 2 aliphatic carbocycles. The molecule has 21 heavy (non-hydrogen) atoms. The molecule has 4 nitrogen and oxygen atoms in total. The number of amides is 2. The van der Waals surface area contributed by atoms with Crippen molar-refractivity contribution in [1.82, 2.24) is 5.01 Å². The van der Waals surface area contributed by atoms with E-state index in [1.807, 2.05) is 12.1 Å². The van der Waals surface area contributed by atoms with Crippen LogP contribution in [-0.2, 0) is 9.59 Å². The van der Waals surface area contributed by atoms with E-state index in [0.29, 0.717) is 10.6 Å². The fourth-order valence-corrected chi connectivity index (χ4v) is 3.88. The van der Waals surface area contributed by atoms with Crippen molar-refractivity contribution in [2.24, 2.45) is 28.8 Å². The van der Waals surface area contributed by atoms with Gasteiger partial charge < -0.3 is 0 Å². The molecule has 3 aliphatic rings. The van der Waals surface area contributed by atoms with Gasteiger partial charge in [0.2, 0.25) is 0 Å². The third-order valence-electron chi connectivity index (χ3n) is 4.66. The molecule has 4 atom stereocenters. The Hall–Kier alpha value is -1.94. The van der Waals surface area contributed by atoms with Gasteiger partial charge in [-0.3, -0.25) is 9.59 Å². The molecule has 4 rings (SSSR count). The molecule has 0 unspecified atom stereocenters. The van der Waals surface area contributed by atoms with E-state index in [0.717, 1.165) is 11.4 Å². The van der Waals surface area contributed by atoms with Crippen molar-refractivity contribution in [3.63, 3.8) is 0 Å². The summed E-state index contributed by atoms with van der Waals surface area (Å²) in [6.07, 6.45) is 6.54. The normalized spacial score (nSPS) is 33.5. The highest BCUT2D eigenvalue weighted by molar-refractivity contribution is 6.33. The second kappa shape index (κ2) is 4.53. The van der Waals surface area contributed by atoms with Gasteiger partial charge in [-0.1, -0.05) is 42.0 Å². The Kier molecular flexibility index (Phi) is 2.76. The molecule has 2 bridgehead atoms. The first-order valence-electron chi connectivity index (χ1n) is 7.01. The molecule has 1 aliphatic heterocycles. The lowest BCUT2D eigenvalue weighted by atomic mass is 9.85. The Morgan fingerprint density at radius 2 is 1.71 bits per heavy atom. The Labute approximate surface area is 127 Å². The van der Waals surface area contributed by atoms with Crippen LogP contribution >= 0.6 is 11.6 Å². The van der Waals surface area contributed by atoms with Crippen LogP contribution in [0.1, 0.15) is 12.0 Å². The number of hydrogen-bond donors (Lipinski definition) is 0. The van der Waals surface area contributed by atoms with E-state index < -0.39 is 0 Å². The lowest BCUT2D eigenvalue weighted by Gasteiger charge is -2.13. The van der Waals surface area contributed by atoms with E-state index >= 15 is 0 Å². The fraction of sp³-hybridized carbons (Fsp3) is 0.312. The van der Waals surface area contributed by atoms with Crippen molar-refractivity contribution < 1.29 is 9.59 Å². The van der Waals surface area contributed by atoms with Gasteiger partial charge in [0.1, 0.15) is 0 Å². The zero-order chi connectivity index (χ0) is 14.6. The lowest BCUT2D eigenvalue weighted by Crippen LogP contribution is -2.28. The standard InChI is InChI=1S/C16H13ClN2O2/c17-12-4-2-1-3-11(12)8-18-19-15(20)13-9-5-6-10(7-9)14(13)16(19)21/h1-6,8-10,13-14H,7H2/b18-8-/t9-,10-,13-,14+/m0/s1. The average Bonchev–Trinajstić information content (AvgIpc) is 3.14. The van der Waals surface area contributed by atoms with Crippen LogP contribution in [0.5, 0.6) is 0 Å². The van der Waals surface area contributed by atoms with Crippen LogP contribution in [-0.4, -0.2) is 23.0 Å². The molecule has 0 radical (unpaired) electrons. The number of allylic oxidation sites excluding steroid dienone is 2. The molecule has 0 aromatic heterocycles. The number of carbonyl (C=O) groups is 2. The van der Waals surface area contributed by atoms with E-state index in [9.17, 15) is 9.59 Å². The molecule has 1 saturated carbocycles. The van der Waals surface area contributed by atoms with Gasteiger partial charge >= 0.3 is 0 Å². The molecule has 1 saturated heterocycles. The first kappa shape index (κ1) is 12.8. The predicted molar refractivity (Wildman–Crippen MR) is 78.6 cm³/mol. The number of hydrazone groups is 1. The van der Waals surface area contributed by atoms with Gasteiger partial charge in [0, 0.05) is 10.6 Å². The molecular weight excluding hydrogens is 288 g/mol. The van der Waals surface area contributed by atoms with Crippen LogP contribution in [0.3, 0.4) is 0 Å². The highest BCUT2D eigenvalue weighted by Gasteiger charge is 2.59. The SMILES string of the molecule is O=C1[C@@H]2[C@H](C(=O)N1/N=C\c1ccccc1Cl)[C@H]1C=C[C@H]2C1. The molecular formula is C16H13ClN2O2. The minimum atomic E-state index is -0.212. The molecule has 0 N–H and O–H groups in total. The van der Waals surface area contributed by atoms with Gasteiger partial charge in [0.05, 0.1) is 18.1 Å². The maximum absolute atomic E-state index is 12.4. The third-order valence-corrected chi connectivity index (χ3v) is 5.01. The molecule has 2 amide bonds. The summed E-state index contributed by atoms with van der Waals surface area (Å²) >= 11 is 6.04. The molecule has 106 valence electrons. The largest absolute Gasteiger partial charge is 0.272 e. The zero-order valence-corrected chi connectivity index (χ0v) is 11.9. The van der Waals surface area contributed by atoms with Crippen molar-refractivity contribution in [2.75, 3.05) is 0 Å². The Bertz CT molecular complexity index is 667. The van der Waals surface area contributed by atoms with Crippen molar-refractivity contribution in [1.29, 1.82) is 0 Å². The highest BCUT2D eigenvalue weighted by Crippen LogP contribution is 2.52. The Morgan fingerprint density at radius 3 is 2.33 bits per heavy atom. The molecule has 2 fully saturated rings. The molecule has 1 aromatic rings. The van der Waals surface area contributed by atoms with Gasteiger partial charge in [-0.15, -0.1) is 0 Å². The fourth-order valence-electron chi connectivity index (χ4n) is 3.70. The van der Waals surface area contributed by atoms with E-state index in [2.05, 4.69) is 17.3 Å². The second-order valence-corrected chi connectivity index (χ2v) is 6.16. The Balaban J connectivity index is 1.62. The maximum atomic E-state index is 12.4. The van der Waals surface area contributed by atoms with Gasteiger partial charge in [-0.05, 0) is 24.3 Å². The van der Waals surface area contributed by atoms with Gasteiger partial charge in [-0.25, -0.2) is 0 Å². The second-order valence-electron chi connectivity index (χ2n) is 5.75. The van der Waals surface area contributed by atoms with Crippen LogP contribution in [0, 0.1) is 23.7 Å². The van der Waals surface area contributed by atoms with Crippen molar-refractivity contribution >= 4 is 29.6 Å². The van der Waals surface area contributed by atoms with Crippen molar-refractivity contribution in [3.8, 4) is 0 Å². The summed E-state index contributed by atoms with van der Waals surface area (Å²) in [7, 11) is 0. The molecule has 5 heteroatoms. The molecule has 1 heterocycles. The lowest BCUT2D eigenvalue weighted by molar-refractivity contribution is -0.140. The minimum absolute atomic E-state index is 0.176. The zero-order valence-electron chi connectivity index (χ0n) is 11.1. The van der Waals surface area contributed by atoms with Crippen LogP contribution in [0.15, 0.2) is 41.5 Å². The quantitative estimate of drug-likeness (QED) is 0.479. The Morgan fingerprint density at radius 1 is 1.10 bits per heavy atom. The van der Waals surface area contributed by atoms with Crippen LogP contribution in [0.25, 0.3) is 0 Å². The first-order chi connectivity index (χ1) is 10.2. The highest BCUT2D eigenvalue weighted by atomic mass is 35.5. The number of halogens is 1. The monoisotopic (exact) mass is 300 g/mol. The van der Waals surface area contributed by atoms with Crippen LogP contribution < -0.4 is 0 Å². The number of imide groups is 1. The predicted octanol–water partition coefficient (Wildman–Crippen LogP) is 2.48.